The van der Waals surface area contributed by atoms with Crippen molar-refractivity contribution in [1.29, 1.82) is 0 Å². The van der Waals surface area contributed by atoms with Crippen molar-refractivity contribution >= 4 is 23.1 Å². The zero-order valence-corrected chi connectivity index (χ0v) is 8.93. The molecule has 0 bridgehead atoms. The predicted octanol–water partition coefficient (Wildman–Crippen LogP) is 2.26. The second-order valence-corrected chi connectivity index (χ2v) is 3.81. The van der Waals surface area contributed by atoms with E-state index in [9.17, 15) is 9.90 Å². The molecule has 0 aliphatic carbocycles. The molecule has 0 radical (unpaired) electrons. The van der Waals surface area contributed by atoms with Gasteiger partial charge in [0.05, 0.1) is 5.02 Å². The number of halogens is 1. The Morgan fingerprint density at radius 2 is 2.27 bits per heavy atom. The fraction of sp³-hybridized carbons (Fsp3) is 0.182. The molecule has 0 saturated carbocycles. The molecule has 1 heterocycles. The first-order valence-corrected chi connectivity index (χ1v) is 4.95. The minimum atomic E-state index is -0.196. The number of carbonyl (C=O) groups is 1. The highest BCUT2D eigenvalue weighted by atomic mass is 35.5. The van der Waals surface area contributed by atoms with Gasteiger partial charge in [-0.25, -0.2) is 0 Å². The van der Waals surface area contributed by atoms with Crippen LogP contribution < -0.4 is 5.32 Å². The van der Waals surface area contributed by atoms with Gasteiger partial charge in [0.2, 0.25) is 0 Å². The lowest BCUT2D eigenvalue weighted by Crippen LogP contribution is -2.25. The van der Waals surface area contributed by atoms with Crippen molar-refractivity contribution in [2.75, 3.05) is 0 Å². The highest BCUT2D eigenvalue weighted by Crippen LogP contribution is 2.30. The summed E-state index contributed by atoms with van der Waals surface area (Å²) in [6, 6.07) is 5.37. The maximum absolute atomic E-state index is 11.2. The van der Waals surface area contributed by atoms with Crippen LogP contribution in [-0.2, 0) is 11.3 Å². The highest BCUT2D eigenvalue weighted by molar-refractivity contribution is 6.32. The van der Waals surface area contributed by atoms with Crippen molar-refractivity contribution in [1.82, 2.24) is 5.32 Å². The van der Waals surface area contributed by atoms with Gasteiger partial charge >= 0.3 is 0 Å². The van der Waals surface area contributed by atoms with E-state index < -0.39 is 0 Å². The number of benzene rings is 1. The molecule has 2 rings (SSSR count). The summed E-state index contributed by atoms with van der Waals surface area (Å²) in [4.78, 5) is 11.2. The third kappa shape index (κ3) is 1.59. The minimum absolute atomic E-state index is 0.0608. The van der Waals surface area contributed by atoms with Crippen molar-refractivity contribution in [3.05, 3.63) is 40.0 Å². The first kappa shape index (κ1) is 10.1. The predicted molar refractivity (Wildman–Crippen MR) is 58.5 cm³/mol. The first-order valence-electron chi connectivity index (χ1n) is 4.57. The largest absolute Gasteiger partial charge is 0.505 e. The van der Waals surface area contributed by atoms with E-state index in [-0.39, 0.29) is 17.2 Å². The maximum atomic E-state index is 11.2. The molecule has 0 unspecified atom stereocenters. The molecule has 4 heteroatoms. The lowest BCUT2D eigenvalue weighted by atomic mass is 10.00. The summed E-state index contributed by atoms with van der Waals surface area (Å²) in [6.45, 7) is 1.91. The van der Waals surface area contributed by atoms with E-state index in [1.54, 1.807) is 6.07 Å². The molecule has 0 saturated heterocycles. The molecule has 3 nitrogen and oxygen atoms in total. The van der Waals surface area contributed by atoms with Gasteiger partial charge in [-0.3, -0.25) is 4.79 Å². The van der Waals surface area contributed by atoms with Gasteiger partial charge in [0.25, 0.3) is 0 Å². The molecule has 1 aliphatic rings. The monoisotopic (exact) mass is 223 g/mol. The van der Waals surface area contributed by atoms with Crippen LogP contribution in [-0.4, -0.2) is 10.9 Å². The zero-order valence-electron chi connectivity index (χ0n) is 8.17. The molecule has 15 heavy (non-hydrogen) atoms. The Morgan fingerprint density at radius 1 is 1.53 bits per heavy atom. The Balaban J connectivity index is 2.65. The lowest BCUT2D eigenvalue weighted by Gasteiger charge is -2.20. The van der Waals surface area contributed by atoms with E-state index in [4.69, 9.17) is 11.6 Å². The number of rotatable bonds is 1. The lowest BCUT2D eigenvalue weighted by molar-refractivity contribution is -0.114. The van der Waals surface area contributed by atoms with Crippen molar-refractivity contribution in [2.45, 2.75) is 13.5 Å². The Labute approximate surface area is 92.4 Å². The van der Waals surface area contributed by atoms with Gasteiger partial charge in [-0.2, -0.15) is 0 Å². The second kappa shape index (κ2) is 3.59. The number of hydrogen-bond donors (Lipinski definition) is 2. The number of aliphatic hydroxyl groups excluding tert-OH is 1. The minimum Gasteiger partial charge on any atom is -0.505 e. The van der Waals surface area contributed by atoms with Crippen molar-refractivity contribution in [2.24, 2.45) is 0 Å². The number of hydrogen-bond acceptors (Lipinski definition) is 3. The smallest absolute Gasteiger partial charge is 0.179 e. The van der Waals surface area contributed by atoms with Gasteiger partial charge in [0, 0.05) is 19.0 Å². The van der Waals surface area contributed by atoms with Crippen LogP contribution >= 0.6 is 11.6 Å². The molecule has 0 amide bonds. The van der Waals surface area contributed by atoms with E-state index in [2.05, 4.69) is 5.32 Å². The van der Waals surface area contributed by atoms with Crippen LogP contribution in [0.2, 0.25) is 5.02 Å². The summed E-state index contributed by atoms with van der Waals surface area (Å²) in [6.07, 6.45) is 0. The average Bonchev–Trinajstić information content (AvgIpc) is 2.17. The molecule has 0 fully saturated rings. The third-order valence-electron chi connectivity index (χ3n) is 2.38. The molecule has 0 aromatic heterocycles. The van der Waals surface area contributed by atoms with Gasteiger partial charge < -0.3 is 10.4 Å². The van der Waals surface area contributed by atoms with E-state index in [1.807, 2.05) is 12.1 Å². The van der Waals surface area contributed by atoms with Crippen LogP contribution in [0.1, 0.15) is 18.1 Å². The molecule has 78 valence electrons. The number of fused-ring (bicyclic) bond motifs is 1. The van der Waals surface area contributed by atoms with Crippen LogP contribution in [0, 0.1) is 0 Å². The fourth-order valence-electron chi connectivity index (χ4n) is 1.66. The van der Waals surface area contributed by atoms with Crippen LogP contribution in [0.15, 0.2) is 23.9 Å². The first-order chi connectivity index (χ1) is 7.11. The van der Waals surface area contributed by atoms with E-state index in [1.165, 1.54) is 6.92 Å². The Hall–Kier alpha value is -1.48. The van der Waals surface area contributed by atoms with Crippen LogP contribution in [0.5, 0.6) is 0 Å². The van der Waals surface area contributed by atoms with Crippen molar-refractivity contribution < 1.29 is 9.90 Å². The number of Topliss-reactive ketones (excluding diaryl/α,β-unsaturated/α-hetero) is 1. The molecule has 2 N–H and O–H groups in total. The Morgan fingerprint density at radius 3 is 2.93 bits per heavy atom. The number of nitrogens with one attached hydrogen (secondary N) is 1. The number of aliphatic hydroxyl groups is 1. The second-order valence-electron chi connectivity index (χ2n) is 3.41. The van der Waals surface area contributed by atoms with Crippen LogP contribution in [0.25, 0.3) is 5.76 Å². The molecular formula is C11H10ClNO2. The summed E-state index contributed by atoms with van der Waals surface area (Å²) in [5, 5.41) is 13.2. The molecule has 1 aromatic rings. The SMILES string of the molecule is CC(=O)C1=C(O)c2c(Cl)cccc2CN1. The molecule has 1 aromatic carbocycles. The van der Waals surface area contributed by atoms with Gasteiger partial charge in [0.15, 0.2) is 11.5 Å². The van der Waals surface area contributed by atoms with Crippen LogP contribution in [0.4, 0.5) is 0 Å². The molecule has 0 spiro atoms. The van der Waals surface area contributed by atoms with Gasteiger partial charge in [-0.15, -0.1) is 0 Å². The third-order valence-corrected chi connectivity index (χ3v) is 2.70. The molecule has 1 aliphatic heterocycles. The standard InChI is InChI=1S/C11H10ClNO2/c1-6(14)10-11(15)9-7(5-13-10)3-2-4-8(9)12/h2-4,13,15H,5H2,1H3. The van der Waals surface area contributed by atoms with Gasteiger partial charge in [0.1, 0.15) is 5.70 Å². The van der Waals surface area contributed by atoms with Gasteiger partial charge in [-0.05, 0) is 11.6 Å². The zero-order chi connectivity index (χ0) is 11.0. The Kier molecular flexibility index (Phi) is 2.40. The normalized spacial score (nSPS) is 14.5. The fourth-order valence-corrected chi connectivity index (χ4v) is 1.95. The summed E-state index contributed by atoms with van der Waals surface area (Å²) in [5.74, 6) is -0.257. The summed E-state index contributed by atoms with van der Waals surface area (Å²) >= 11 is 5.97. The quantitative estimate of drug-likeness (QED) is 0.768. The van der Waals surface area contributed by atoms with E-state index in [0.717, 1.165) is 5.56 Å². The number of allylic oxidation sites excluding steroid dienone is 1. The molecule has 0 atom stereocenters. The summed E-state index contributed by atoms with van der Waals surface area (Å²) < 4.78 is 0. The summed E-state index contributed by atoms with van der Waals surface area (Å²) in [7, 11) is 0. The number of carbonyl (C=O) groups excluding carboxylic acids is 1. The number of ketones is 1. The highest BCUT2D eigenvalue weighted by Gasteiger charge is 2.22. The van der Waals surface area contributed by atoms with E-state index >= 15 is 0 Å². The topological polar surface area (TPSA) is 49.3 Å². The average molecular weight is 224 g/mol. The van der Waals surface area contributed by atoms with Crippen LogP contribution in [0.3, 0.4) is 0 Å². The summed E-state index contributed by atoms with van der Waals surface area (Å²) in [5.41, 5.74) is 1.68. The van der Waals surface area contributed by atoms with Gasteiger partial charge in [-0.1, -0.05) is 23.7 Å². The maximum Gasteiger partial charge on any atom is 0.179 e. The molecular weight excluding hydrogens is 214 g/mol. The van der Waals surface area contributed by atoms with Crippen molar-refractivity contribution in [3.63, 3.8) is 0 Å². The van der Waals surface area contributed by atoms with E-state index in [0.29, 0.717) is 17.1 Å². The Bertz CT molecular complexity index is 466. The van der Waals surface area contributed by atoms with Crippen molar-refractivity contribution in [3.8, 4) is 0 Å².